The lowest BCUT2D eigenvalue weighted by Crippen LogP contribution is -2.33. The minimum atomic E-state index is 0.644. The number of aryl methyl sites for hydroxylation is 1. The van der Waals surface area contributed by atoms with E-state index in [1.54, 1.807) is 0 Å². The summed E-state index contributed by atoms with van der Waals surface area (Å²) in [7, 11) is 0. The molecule has 4 nitrogen and oxygen atoms in total. The second-order valence-electron chi connectivity index (χ2n) is 5.19. The van der Waals surface area contributed by atoms with Crippen LogP contribution >= 0.6 is 0 Å². The number of nitrogens with zero attached hydrogens (tertiary/aromatic N) is 3. The lowest BCUT2D eigenvalue weighted by Gasteiger charge is -2.15. The van der Waals surface area contributed by atoms with Crippen molar-refractivity contribution >= 4 is 0 Å². The first-order valence-corrected chi connectivity index (χ1v) is 6.57. The van der Waals surface area contributed by atoms with Crippen LogP contribution in [0.5, 0.6) is 0 Å². The van der Waals surface area contributed by atoms with E-state index in [9.17, 15) is 0 Å². The first-order valence-electron chi connectivity index (χ1n) is 6.57. The Kier molecular flexibility index (Phi) is 3.07. The molecule has 0 radical (unpaired) electrons. The number of aromatic nitrogens is 2. The average Bonchev–Trinajstić information content (AvgIpc) is 3.07. The molecule has 17 heavy (non-hydrogen) atoms. The molecule has 1 aliphatic carbocycles. The van der Waals surface area contributed by atoms with Crippen LogP contribution in [0, 0.1) is 6.92 Å². The highest BCUT2D eigenvalue weighted by Crippen LogP contribution is 2.29. The number of hydrogen-bond donors (Lipinski definition) is 1. The fourth-order valence-electron chi connectivity index (χ4n) is 2.58. The minimum absolute atomic E-state index is 0.644. The van der Waals surface area contributed by atoms with Crippen molar-refractivity contribution < 1.29 is 0 Å². The van der Waals surface area contributed by atoms with Crippen molar-refractivity contribution in [3.05, 3.63) is 23.8 Å². The van der Waals surface area contributed by atoms with Crippen LogP contribution in [-0.4, -0.2) is 40.0 Å². The van der Waals surface area contributed by atoms with Crippen LogP contribution in [0.3, 0.4) is 0 Å². The fraction of sp³-hybridized carbons (Fsp3) is 0.692. The van der Waals surface area contributed by atoms with E-state index in [1.807, 2.05) is 19.2 Å². The maximum absolute atomic E-state index is 4.41. The molecular formula is C13H20N4. The van der Waals surface area contributed by atoms with Crippen molar-refractivity contribution in [1.82, 2.24) is 20.2 Å². The lowest BCUT2D eigenvalue weighted by atomic mass is 10.2. The minimum Gasteiger partial charge on any atom is -0.307 e. The smallest absolute Gasteiger partial charge is 0.125 e. The molecular weight excluding hydrogens is 212 g/mol. The molecule has 0 spiro atoms. The van der Waals surface area contributed by atoms with Crippen LogP contribution in [0.15, 0.2) is 12.3 Å². The first-order chi connectivity index (χ1) is 8.31. The summed E-state index contributed by atoms with van der Waals surface area (Å²) in [6, 6.07) is 3.54. The van der Waals surface area contributed by atoms with E-state index in [1.165, 1.54) is 32.4 Å². The third-order valence-electron chi connectivity index (χ3n) is 3.69. The second kappa shape index (κ2) is 4.70. The van der Waals surface area contributed by atoms with E-state index in [4.69, 9.17) is 0 Å². The second-order valence-corrected chi connectivity index (χ2v) is 5.19. The van der Waals surface area contributed by atoms with Gasteiger partial charge in [0.1, 0.15) is 5.82 Å². The van der Waals surface area contributed by atoms with E-state index >= 15 is 0 Å². The lowest BCUT2D eigenvalue weighted by molar-refractivity contribution is 0.317. The molecule has 0 aromatic carbocycles. The molecule has 4 heteroatoms. The molecule has 0 bridgehead atoms. The summed E-state index contributed by atoms with van der Waals surface area (Å²) >= 11 is 0. The van der Waals surface area contributed by atoms with E-state index in [2.05, 4.69) is 20.2 Å². The van der Waals surface area contributed by atoms with Gasteiger partial charge in [-0.05, 0) is 32.3 Å². The Labute approximate surface area is 102 Å². The molecule has 92 valence electrons. The number of nitrogens with one attached hydrogen (secondary N) is 1. The van der Waals surface area contributed by atoms with Gasteiger partial charge in [0.2, 0.25) is 0 Å². The summed E-state index contributed by atoms with van der Waals surface area (Å²) < 4.78 is 0. The Bertz CT molecular complexity index is 389. The van der Waals surface area contributed by atoms with Gasteiger partial charge in [-0.1, -0.05) is 0 Å². The zero-order valence-corrected chi connectivity index (χ0v) is 10.4. The molecule has 1 aromatic rings. The Morgan fingerprint density at radius 3 is 3.06 bits per heavy atom. The molecule has 2 heterocycles. The van der Waals surface area contributed by atoms with Gasteiger partial charge < -0.3 is 5.32 Å². The van der Waals surface area contributed by atoms with Crippen LogP contribution < -0.4 is 5.32 Å². The maximum Gasteiger partial charge on any atom is 0.125 e. The standard InChI is InChI=1S/C13H20N4/c1-10-14-6-4-11(16-10)8-15-12-5-7-17(9-12)13-2-3-13/h4,6,12-13,15H,2-3,5,7-9H2,1H3. The van der Waals surface area contributed by atoms with Gasteiger partial charge in [-0.3, -0.25) is 4.90 Å². The largest absolute Gasteiger partial charge is 0.307 e. The van der Waals surface area contributed by atoms with Gasteiger partial charge in [0.15, 0.2) is 0 Å². The fourth-order valence-corrected chi connectivity index (χ4v) is 2.58. The van der Waals surface area contributed by atoms with Crippen LogP contribution in [-0.2, 0) is 6.54 Å². The van der Waals surface area contributed by atoms with Crippen molar-refractivity contribution in [2.24, 2.45) is 0 Å². The molecule has 1 saturated carbocycles. The number of likely N-dealkylation sites (tertiary alicyclic amines) is 1. The Morgan fingerprint density at radius 2 is 2.29 bits per heavy atom. The molecule has 0 amide bonds. The van der Waals surface area contributed by atoms with Crippen LogP contribution in [0.4, 0.5) is 0 Å². The molecule has 1 N–H and O–H groups in total. The van der Waals surface area contributed by atoms with Gasteiger partial charge in [0.05, 0.1) is 5.69 Å². The molecule has 3 rings (SSSR count). The van der Waals surface area contributed by atoms with Crippen LogP contribution in [0.2, 0.25) is 0 Å². The van der Waals surface area contributed by atoms with Gasteiger partial charge in [0.25, 0.3) is 0 Å². The van der Waals surface area contributed by atoms with E-state index in [0.717, 1.165) is 24.1 Å². The van der Waals surface area contributed by atoms with Gasteiger partial charge in [-0.2, -0.15) is 0 Å². The normalized spacial score (nSPS) is 25.4. The van der Waals surface area contributed by atoms with Gasteiger partial charge in [-0.15, -0.1) is 0 Å². The third-order valence-corrected chi connectivity index (χ3v) is 3.69. The zero-order chi connectivity index (χ0) is 11.7. The van der Waals surface area contributed by atoms with E-state index in [0.29, 0.717) is 6.04 Å². The molecule has 1 aliphatic heterocycles. The zero-order valence-electron chi connectivity index (χ0n) is 10.4. The first kappa shape index (κ1) is 11.1. The number of hydrogen-bond acceptors (Lipinski definition) is 4. The summed E-state index contributed by atoms with van der Waals surface area (Å²) in [5.41, 5.74) is 1.10. The molecule has 1 atom stereocenters. The SMILES string of the molecule is Cc1nccc(CNC2CCN(C3CC3)C2)n1. The summed E-state index contributed by atoms with van der Waals surface area (Å²) in [5.74, 6) is 0.857. The van der Waals surface area contributed by atoms with Crippen molar-refractivity contribution in [2.75, 3.05) is 13.1 Å². The predicted octanol–water partition coefficient (Wildman–Crippen LogP) is 1.11. The summed E-state index contributed by atoms with van der Waals surface area (Å²) in [6.45, 7) is 5.29. The average molecular weight is 232 g/mol. The van der Waals surface area contributed by atoms with Gasteiger partial charge >= 0.3 is 0 Å². The number of rotatable bonds is 4. The molecule has 2 fully saturated rings. The Balaban J connectivity index is 1.48. The van der Waals surface area contributed by atoms with Gasteiger partial charge in [0, 0.05) is 37.9 Å². The quantitative estimate of drug-likeness (QED) is 0.844. The highest BCUT2D eigenvalue weighted by Gasteiger charge is 2.33. The molecule has 1 aromatic heterocycles. The monoisotopic (exact) mass is 232 g/mol. The Morgan fingerprint density at radius 1 is 1.41 bits per heavy atom. The molecule has 2 aliphatic rings. The Hall–Kier alpha value is -1.00. The highest BCUT2D eigenvalue weighted by atomic mass is 15.2. The maximum atomic E-state index is 4.41. The van der Waals surface area contributed by atoms with Gasteiger partial charge in [-0.25, -0.2) is 9.97 Å². The topological polar surface area (TPSA) is 41.1 Å². The van der Waals surface area contributed by atoms with Crippen molar-refractivity contribution in [2.45, 2.75) is 44.8 Å². The van der Waals surface area contributed by atoms with Crippen molar-refractivity contribution in [3.63, 3.8) is 0 Å². The van der Waals surface area contributed by atoms with Crippen molar-refractivity contribution in [1.29, 1.82) is 0 Å². The summed E-state index contributed by atoms with van der Waals surface area (Å²) in [6.07, 6.45) is 5.95. The third kappa shape index (κ3) is 2.82. The predicted molar refractivity (Wildman–Crippen MR) is 66.6 cm³/mol. The summed E-state index contributed by atoms with van der Waals surface area (Å²) in [4.78, 5) is 11.2. The molecule has 1 unspecified atom stereocenters. The highest BCUT2D eigenvalue weighted by molar-refractivity contribution is 5.02. The van der Waals surface area contributed by atoms with Crippen molar-refractivity contribution in [3.8, 4) is 0 Å². The molecule has 1 saturated heterocycles. The van der Waals surface area contributed by atoms with Crippen LogP contribution in [0.25, 0.3) is 0 Å². The van der Waals surface area contributed by atoms with E-state index in [-0.39, 0.29) is 0 Å². The van der Waals surface area contributed by atoms with Crippen LogP contribution in [0.1, 0.15) is 30.8 Å². The summed E-state index contributed by atoms with van der Waals surface area (Å²) in [5, 5.41) is 3.61. The van der Waals surface area contributed by atoms with E-state index < -0.39 is 0 Å².